The van der Waals surface area contributed by atoms with Crippen LogP contribution < -0.4 is 4.90 Å². The summed E-state index contributed by atoms with van der Waals surface area (Å²) in [6.45, 7) is 6.28. The van der Waals surface area contributed by atoms with Gasteiger partial charge >= 0.3 is 0 Å². The van der Waals surface area contributed by atoms with Crippen molar-refractivity contribution in [2.75, 3.05) is 18.0 Å². The molecule has 0 bridgehead atoms. The zero-order valence-corrected chi connectivity index (χ0v) is 15.9. The van der Waals surface area contributed by atoms with Crippen LogP contribution in [0.1, 0.15) is 37.8 Å². The Morgan fingerprint density at radius 1 is 1.04 bits per heavy atom. The lowest BCUT2D eigenvalue weighted by molar-refractivity contribution is -0.122. The summed E-state index contributed by atoms with van der Waals surface area (Å²) in [4.78, 5) is 21.9. The Labute approximate surface area is 160 Å². The molecule has 1 saturated carbocycles. The third-order valence-corrected chi connectivity index (χ3v) is 5.16. The van der Waals surface area contributed by atoms with Gasteiger partial charge in [-0.1, -0.05) is 42.5 Å². The van der Waals surface area contributed by atoms with E-state index in [1.807, 2.05) is 41.3 Å². The monoisotopic (exact) mass is 359 g/mol. The fourth-order valence-electron chi connectivity index (χ4n) is 3.52. The first-order chi connectivity index (χ1) is 13.2. The van der Waals surface area contributed by atoms with E-state index in [2.05, 4.69) is 43.0 Å². The molecule has 1 aliphatic carbocycles. The Morgan fingerprint density at radius 2 is 1.70 bits per heavy atom. The molecule has 1 amide bonds. The number of anilines is 1. The van der Waals surface area contributed by atoms with Gasteiger partial charge in [-0.05, 0) is 50.5 Å². The maximum Gasteiger partial charge on any atom is 0.278 e. The van der Waals surface area contributed by atoms with Crippen molar-refractivity contribution in [3.05, 3.63) is 71.4 Å². The second-order valence-corrected chi connectivity index (χ2v) is 7.00. The highest BCUT2D eigenvalue weighted by Crippen LogP contribution is 2.34. The van der Waals surface area contributed by atoms with Crippen molar-refractivity contribution in [2.45, 2.75) is 32.7 Å². The van der Waals surface area contributed by atoms with E-state index in [1.54, 1.807) is 0 Å². The van der Waals surface area contributed by atoms with Crippen molar-refractivity contribution in [1.29, 1.82) is 0 Å². The number of carbonyl (C=O) groups excluding carboxylic acids is 1. The number of aliphatic imine (C=N–C) groups is 1. The predicted octanol–water partition coefficient (Wildman–Crippen LogP) is 4.33. The highest BCUT2D eigenvalue weighted by Gasteiger charge is 2.41. The molecule has 0 saturated heterocycles. The molecule has 1 aliphatic heterocycles. The lowest BCUT2D eigenvalue weighted by Crippen LogP contribution is -2.34. The van der Waals surface area contributed by atoms with Crippen LogP contribution >= 0.6 is 0 Å². The summed E-state index contributed by atoms with van der Waals surface area (Å²) in [5.74, 6) is 0.804. The van der Waals surface area contributed by atoms with Crippen LogP contribution in [0.3, 0.4) is 0 Å². The van der Waals surface area contributed by atoms with E-state index in [1.165, 1.54) is 5.69 Å². The minimum absolute atomic E-state index is 0.0178. The molecular formula is C23H25N3O. The van der Waals surface area contributed by atoms with Crippen LogP contribution in [0.4, 0.5) is 5.69 Å². The Morgan fingerprint density at radius 3 is 2.30 bits per heavy atom. The molecule has 138 valence electrons. The van der Waals surface area contributed by atoms with Gasteiger partial charge < -0.3 is 4.90 Å². The molecule has 4 rings (SSSR count). The van der Waals surface area contributed by atoms with E-state index < -0.39 is 0 Å². The van der Waals surface area contributed by atoms with Crippen LogP contribution in [-0.4, -0.2) is 35.8 Å². The first-order valence-electron chi connectivity index (χ1n) is 9.75. The highest BCUT2D eigenvalue weighted by molar-refractivity contribution is 6.20. The van der Waals surface area contributed by atoms with E-state index in [9.17, 15) is 4.79 Å². The number of nitrogens with zero attached hydrogens (tertiary/aromatic N) is 3. The SMILES string of the molecule is CCN(CC)c1ccc(/C=C2\N=C(c3ccccc3)N(C3CC3)C2=O)cc1. The van der Waals surface area contributed by atoms with Crippen LogP contribution in [0.2, 0.25) is 0 Å². The molecular weight excluding hydrogens is 334 g/mol. The van der Waals surface area contributed by atoms with E-state index in [0.717, 1.165) is 42.9 Å². The minimum Gasteiger partial charge on any atom is -0.372 e. The van der Waals surface area contributed by atoms with Crippen molar-refractivity contribution in [1.82, 2.24) is 4.90 Å². The summed E-state index contributed by atoms with van der Waals surface area (Å²) < 4.78 is 0. The number of amidine groups is 1. The van der Waals surface area contributed by atoms with Crippen LogP contribution in [-0.2, 0) is 4.79 Å². The van der Waals surface area contributed by atoms with Gasteiger partial charge in [0.2, 0.25) is 0 Å². The molecule has 2 aromatic carbocycles. The Kier molecular flexibility index (Phi) is 4.80. The van der Waals surface area contributed by atoms with E-state index >= 15 is 0 Å². The highest BCUT2D eigenvalue weighted by atomic mass is 16.2. The van der Waals surface area contributed by atoms with Gasteiger partial charge in [0.1, 0.15) is 11.5 Å². The maximum absolute atomic E-state index is 13.0. The second kappa shape index (κ2) is 7.39. The van der Waals surface area contributed by atoms with Crippen molar-refractivity contribution in [2.24, 2.45) is 4.99 Å². The molecule has 2 aliphatic rings. The van der Waals surface area contributed by atoms with Gasteiger partial charge in [-0.2, -0.15) is 0 Å². The van der Waals surface area contributed by atoms with Crippen LogP contribution in [0, 0.1) is 0 Å². The van der Waals surface area contributed by atoms with Crippen LogP contribution in [0.15, 0.2) is 65.3 Å². The molecule has 4 nitrogen and oxygen atoms in total. The van der Waals surface area contributed by atoms with Gasteiger partial charge in [0.15, 0.2) is 0 Å². The molecule has 1 fully saturated rings. The minimum atomic E-state index is 0.0178. The average Bonchev–Trinajstić information content (AvgIpc) is 3.49. The zero-order chi connectivity index (χ0) is 18.8. The number of rotatable bonds is 6. The third kappa shape index (κ3) is 3.52. The molecule has 0 atom stereocenters. The predicted molar refractivity (Wildman–Crippen MR) is 111 cm³/mol. The molecule has 1 heterocycles. The summed E-state index contributed by atoms with van der Waals surface area (Å²) in [5.41, 5.74) is 3.73. The standard InChI is InChI=1S/C23H25N3O/c1-3-25(4-2)19-12-10-17(11-13-19)16-21-23(27)26(20-14-15-20)22(24-21)18-8-6-5-7-9-18/h5-13,16,20H,3-4,14-15H2,1-2H3/b21-16-. The molecule has 0 unspecified atom stereocenters. The van der Waals surface area contributed by atoms with Crippen molar-refractivity contribution in [3.63, 3.8) is 0 Å². The second-order valence-electron chi connectivity index (χ2n) is 7.00. The molecule has 4 heteroatoms. The summed E-state index contributed by atoms with van der Waals surface area (Å²) in [7, 11) is 0. The topological polar surface area (TPSA) is 35.9 Å². The average molecular weight is 359 g/mol. The van der Waals surface area contributed by atoms with Crippen molar-refractivity contribution in [3.8, 4) is 0 Å². The third-order valence-electron chi connectivity index (χ3n) is 5.16. The molecule has 27 heavy (non-hydrogen) atoms. The lowest BCUT2D eigenvalue weighted by Gasteiger charge is -2.20. The van der Waals surface area contributed by atoms with Gasteiger partial charge in [-0.15, -0.1) is 0 Å². The molecule has 0 radical (unpaired) electrons. The number of carbonyl (C=O) groups is 1. The molecule has 2 aromatic rings. The van der Waals surface area contributed by atoms with Crippen molar-refractivity contribution < 1.29 is 4.79 Å². The van der Waals surface area contributed by atoms with Gasteiger partial charge in [-0.3, -0.25) is 9.69 Å². The number of hydrogen-bond acceptors (Lipinski definition) is 3. The normalized spacial score (nSPS) is 18.1. The van der Waals surface area contributed by atoms with Gasteiger partial charge in [-0.25, -0.2) is 4.99 Å². The van der Waals surface area contributed by atoms with E-state index in [0.29, 0.717) is 11.7 Å². The summed E-state index contributed by atoms with van der Waals surface area (Å²) in [5, 5.41) is 0. The Hall–Kier alpha value is -2.88. The molecule has 0 N–H and O–H groups in total. The number of benzene rings is 2. The quantitative estimate of drug-likeness (QED) is 0.720. The van der Waals surface area contributed by atoms with Gasteiger partial charge in [0, 0.05) is 30.4 Å². The van der Waals surface area contributed by atoms with Gasteiger partial charge in [0.05, 0.1) is 0 Å². The molecule has 0 spiro atoms. The van der Waals surface area contributed by atoms with E-state index in [-0.39, 0.29) is 5.91 Å². The Bertz CT molecular complexity index is 876. The van der Waals surface area contributed by atoms with E-state index in [4.69, 9.17) is 4.99 Å². The summed E-state index contributed by atoms with van der Waals surface area (Å²) >= 11 is 0. The van der Waals surface area contributed by atoms with Crippen molar-refractivity contribution >= 4 is 23.5 Å². The number of hydrogen-bond donors (Lipinski definition) is 0. The maximum atomic E-state index is 13.0. The molecule has 0 aromatic heterocycles. The first-order valence-corrected chi connectivity index (χ1v) is 9.75. The van der Waals surface area contributed by atoms with Crippen LogP contribution in [0.25, 0.3) is 6.08 Å². The lowest BCUT2D eigenvalue weighted by atomic mass is 10.1. The van der Waals surface area contributed by atoms with Gasteiger partial charge in [0.25, 0.3) is 5.91 Å². The fourth-order valence-corrected chi connectivity index (χ4v) is 3.52. The first kappa shape index (κ1) is 17.5. The van der Waals surface area contributed by atoms with Crippen LogP contribution in [0.5, 0.6) is 0 Å². The largest absolute Gasteiger partial charge is 0.372 e. The smallest absolute Gasteiger partial charge is 0.278 e. The fraction of sp³-hybridized carbons (Fsp3) is 0.304. The Balaban J connectivity index is 1.64. The number of amides is 1. The summed E-state index contributed by atoms with van der Waals surface area (Å²) in [6.07, 6.45) is 4.02. The zero-order valence-electron chi connectivity index (χ0n) is 15.9. The summed E-state index contributed by atoms with van der Waals surface area (Å²) in [6, 6.07) is 18.6.